The van der Waals surface area contributed by atoms with Crippen molar-refractivity contribution in [2.75, 3.05) is 25.0 Å². The molecule has 0 bridgehead atoms. The molecule has 1 saturated heterocycles. The fourth-order valence-corrected chi connectivity index (χ4v) is 2.11. The number of aromatic nitrogens is 2. The van der Waals surface area contributed by atoms with Crippen LogP contribution < -0.4 is 5.32 Å². The maximum atomic E-state index is 11.9. The quantitative estimate of drug-likeness (QED) is 0.876. The SMILES string of the molecule is CCc1cc(NCC(=O)N2CCCCC2)ncn1. The zero-order valence-electron chi connectivity index (χ0n) is 10.9. The Labute approximate surface area is 108 Å². The first-order valence-electron chi connectivity index (χ1n) is 6.62. The van der Waals surface area contributed by atoms with Crippen LogP contribution >= 0.6 is 0 Å². The van der Waals surface area contributed by atoms with Crippen molar-refractivity contribution in [1.29, 1.82) is 0 Å². The Morgan fingerprint density at radius 1 is 1.33 bits per heavy atom. The molecule has 0 unspecified atom stereocenters. The van der Waals surface area contributed by atoms with Crippen LogP contribution in [0.2, 0.25) is 0 Å². The first-order valence-corrected chi connectivity index (χ1v) is 6.62. The number of nitrogens with one attached hydrogen (secondary N) is 1. The molecular weight excluding hydrogens is 228 g/mol. The van der Waals surface area contributed by atoms with Crippen molar-refractivity contribution < 1.29 is 4.79 Å². The number of likely N-dealkylation sites (tertiary alicyclic amines) is 1. The number of hydrogen-bond acceptors (Lipinski definition) is 4. The van der Waals surface area contributed by atoms with Crippen LogP contribution in [-0.2, 0) is 11.2 Å². The predicted octanol–water partition coefficient (Wildman–Crippen LogP) is 1.46. The number of anilines is 1. The molecule has 1 aromatic heterocycles. The van der Waals surface area contributed by atoms with E-state index in [1.54, 1.807) is 0 Å². The molecule has 98 valence electrons. The Morgan fingerprint density at radius 3 is 2.83 bits per heavy atom. The van der Waals surface area contributed by atoms with Gasteiger partial charge < -0.3 is 10.2 Å². The van der Waals surface area contributed by atoms with Gasteiger partial charge in [0, 0.05) is 24.8 Å². The van der Waals surface area contributed by atoms with Gasteiger partial charge in [0.1, 0.15) is 12.1 Å². The molecule has 1 amide bonds. The third kappa shape index (κ3) is 3.42. The van der Waals surface area contributed by atoms with Gasteiger partial charge in [-0.05, 0) is 25.7 Å². The van der Waals surface area contributed by atoms with Gasteiger partial charge in [-0.15, -0.1) is 0 Å². The Hall–Kier alpha value is -1.65. The second-order valence-electron chi connectivity index (χ2n) is 4.54. The molecule has 0 spiro atoms. The van der Waals surface area contributed by atoms with Gasteiger partial charge in [0.05, 0.1) is 6.54 Å². The molecule has 2 heterocycles. The van der Waals surface area contributed by atoms with Crippen LogP contribution in [-0.4, -0.2) is 40.4 Å². The van der Waals surface area contributed by atoms with Crippen LogP contribution in [0, 0.1) is 0 Å². The Bertz CT molecular complexity index is 402. The summed E-state index contributed by atoms with van der Waals surface area (Å²) in [6.07, 6.45) is 5.89. The molecular formula is C13H20N4O. The minimum absolute atomic E-state index is 0.159. The molecule has 0 radical (unpaired) electrons. The lowest BCUT2D eigenvalue weighted by Crippen LogP contribution is -2.39. The van der Waals surface area contributed by atoms with Crippen molar-refractivity contribution in [2.24, 2.45) is 0 Å². The number of amides is 1. The predicted molar refractivity (Wildman–Crippen MR) is 70.3 cm³/mol. The number of carbonyl (C=O) groups is 1. The van der Waals surface area contributed by atoms with Crippen molar-refractivity contribution in [3.05, 3.63) is 18.1 Å². The number of rotatable bonds is 4. The number of nitrogens with zero attached hydrogens (tertiary/aromatic N) is 3. The van der Waals surface area contributed by atoms with Gasteiger partial charge in [-0.3, -0.25) is 4.79 Å². The summed E-state index contributed by atoms with van der Waals surface area (Å²) in [5.41, 5.74) is 0.984. The fourth-order valence-electron chi connectivity index (χ4n) is 2.11. The van der Waals surface area contributed by atoms with E-state index >= 15 is 0 Å². The number of carbonyl (C=O) groups excluding carboxylic acids is 1. The van der Waals surface area contributed by atoms with E-state index in [4.69, 9.17) is 0 Å². The highest BCUT2D eigenvalue weighted by Crippen LogP contribution is 2.09. The van der Waals surface area contributed by atoms with Crippen molar-refractivity contribution in [3.63, 3.8) is 0 Å². The summed E-state index contributed by atoms with van der Waals surface area (Å²) >= 11 is 0. The highest BCUT2D eigenvalue weighted by atomic mass is 16.2. The minimum atomic E-state index is 0.159. The smallest absolute Gasteiger partial charge is 0.241 e. The molecule has 0 aliphatic carbocycles. The zero-order valence-corrected chi connectivity index (χ0v) is 10.9. The number of hydrogen-bond donors (Lipinski definition) is 1. The summed E-state index contributed by atoms with van der Waals surface area (Å²) in [6, 6.07) is 1.89. The standard InChI is InChI=1S/C13H20N4O/c1-2-11-8-12(16-10-15-11)14-9-13(18)17-6-4-3-5-7-17/h8,10H,2-7,9H2,1H3,(H,14,15,16). The maximum Gasteiger partial charge on any atom is 0.241 e. The van der Waals surface area contributed by atoms with Crippen LogP contribution in [0.5, 0.6) is 0 Å². The molecule has 0 aromatic carbocycles. The van der Waals surface area contributed by atoms with E-state index in [-0.39, 0.29) is 5.91 Å². The molecule has 1 N–H and O–H groups in total. The third-order valence-electron chi connectivity index (χ3n) is 3.22. The molecule has 1 fully saturated rings. The van der Waals surface area contributed by atoms with E-state index in [0.717, 1.165) is 43.9 Å². The second-order valence-corrected chi connectivity index (χ2v) is 4.54. The fraction of sp³-hybridized carbons (Fsp3) is 0.615. The molecule has 1 aliphatic heterocycles. The summed E-state index contributed by atoms with van der Waals surface area (Å²) in [5.74, 6) is 0.888. The minimum Gasteiger partial charge on any atom is -0.361 e. The van der Waals surface area contributed by atoms with Crippen molar-refractivity contribution in [1.82, 2.24) is 14.9 Å². The Morgan fingerprint density at radius 2 is 2.11 bits per heavy atom. The lowest BCUT2D eigenvalue weighted by Gasteiger charge is -2.26. The molecule has 5 heteroatoms. The third-order valence-corrected chi connectivity index (χ3v) is 3.22. The average molecular weight is 248 g/mol. The largest absolute Gasteiger partial charge is 0.361 e. The molecule has 2 rings (SSSR count). The van der Waals surface area contributed by atoms with Crippen molar-refractivity contribution >= 4 is 11.7 Å². The maximum absolute atomic E-state index is 11.9. The van der Waals surface area contributed by atoms with Gasteiger partial charge >= 0.3 is 0 Å². The number of piperidine rings is 1. The molecule has 0 atom stereocenters. The van der Waals surface area contributed by atoms with Crippen LogP contribution in [0.4, 0.5) is 5.82 Å². The summed E-state index contributed by atoms with van der Waals surface area (Å²) in [4.78, 5) is 22.1. The van der Waals surface area contributed by atoms with E-state index in [9.17, 15) is 4.79 Å². The van der Waals surface area contributed by atoms with Gasteiger partial charge in [0.15, 0.2) is 0 Å². The molecule has 5 nitrogen and oxygen atoms in total. The van der Waals surface area contributed by atoms with E-state index in [0.29, 0.717) is 6.54 Å². The topological polar surface area (TPSA) is 58.1 Å². The summed E-state index contributed by atoms with van der Waals surface area (Å²) in [7, 11) is 0. The normalized spacial score (nSPS) is 15.5. The van der Waals surface area contributed by atoms with Gasteiger partial charge in [-0.25, -0.2) is 9.97 Å². The van der Waals surface area contributed by atoms with Crippen molar-refractivity contribution in [3.8, 4) is 0 Å². The van der Waals surface area contributed by atoms with Gasteiger partial charge in [0.2, 0.25) is 5.91 Å². The highest BCUT2D eigenvalue weighted by molar-refractivity contribution is 5.80. The first-order chi connectivity index (χ1) is 8.79. The summed E-state index contributed by atoms with van der Waals surface area (Å²) in [6.45, 7) is 4.15. The zero-order chi connectivity index (χ0) is 12.8. The molecule has 0 saturated carbocycles. The highest BCUT2D eigenvalue weighted by Gasteiger charge is 2.15. The lowest BCUT2D eigenvalue weighted by atomic mass is 10.1. The lowest BCUT2D eigenvalue weighted by molar-refractivity contribution is -0.130. The van der Waals surface area contributed by atoms with Gasteiger partial charge in [-0.2, -0.15) is 0 Å². The van der Waals surface area contributed by atoms with E-state index in [2.05, 4.69) is 15.3 Å². The van der Waals surface area contributed by atoms with Crippen LogP contribution in [0.15, 0.2) is 12.4 Å². The average Bonchev–Trinajstić information content (AvgIpc) is 2.46. The Kier molecular flexibility index (Phi) is 4.50. The van der Waals surface area contributed by atoms with Gasteiger partial charge in [-0.1, -0.05) is 6.92 Å². The molecule has 1 aromatic rings. The Balaban J connectivity index is 1.84. The monoisotopic (exact) mass is 248 g/mol. The molecule has 18 heavy (non-hydrogen) atoms. The molecule has 1 aliphatic rings. The number of aryl methyl sites for hydroxylation is 1. The van der Waals surface area contributed by atoms with Gasteiger partial charge in [0.25, 0.3) is 0 Å². The van der Waals surface area contributed by atoms with Crippen LogP contribution in [0.1, 0.15) is 31.9 Å². The first kappa shape index (κ1) is 12.8. The van der Waals surface area contributed by atoms with E-state index in [1.165, 1.54) is 12.7 Å². The van der Waals surface area contributed by atoms with E-state index in [1.807, 2.05) is 17.9 Å². The van der Waals surface area contributed by atoms with Crippen LogP contribution in [0.3, 0.4) is 0 Å². The van der Waals surface area contributed by atoms with E-state index < -0.39 is 0 Å². The summed E-state index contributed by atoms with van der Waals surface area (Å²) < 4.78 is 0. The van der Waals surface area contributed by atoms with Crippen molar-refractivity contribution in [2.45, 2.75) is 32.6 Å². The van der Waals surface area contributed by atoms with Crippen LogP contribution in [0.25, 0.3) is 0 Å². The summed E-state index contributed by atoms with van der Waals surface area (Å²) in [5, 5.41) is 3.07. The second kappa shape index (κ2) is 6.33.